The van der Waals surface area contributed by atoms with Gasteiger partial charge in [0.1, 0.15) is 11.4 Å². The maximum absolute atomic E-state index is 12.5. The highest BCUT2D eigenvalue weighted by Crippen LogP contribution is 2.30. The summed E-state index contributed by atoms with van der Waals surface area (Å²) in [6, 6.07) is 4.46. The van der Waals surface area contributed by atoms with Gasteiger partial charge in [-0.1, -0.05) is 19.9 Å². The van der Waals surface area contributed by atoms with Crippen molar-refractivity contribution in [2.45, 2.75) is 59.1 Å². The van der Waals surface area contributed by atoms with Gasteiger partial charge in [0, 0.05) is 18.8 Å². The Morgan fingerprint density at radius 1 is 1.42 bits per heavy atom. The van der Waals surface area contributed by atoms with E-state index in [1.807, 2.05) is 33.0 Å². The SMILES string of the molecule is CC(C)CN(C(=O)OC(C)(C)C)c1ccc(C2CCCN2C)cn1. The summed E-state index contributed by atoms with van der Waals surface area (Å²) in [5, 5.41) is 0. The standard InChI is InChI=1S/C19H31N3O2/c1-14(2)13-22(18(23)24-19(3,4)5)17-10-9-15(12-20-17)16-8-7-11-21(16)6/h9-10,12,14,16H,7-8,11,13H2,1-6H3. The van der Waals surface area contributed by atoms with E-state index in [0.717, 1.165) is 6.54 Å². The van der Waals surface area contributed by atoms with Crippen molar-refractivity contribution < 1.29 is 9.53 Å². The van der Waals surface area contributed by atoms with Crippen molar-refractivity contribution >= 4 is 11.9 Å². The molecular weight excluding hydrogens is 302 g/mol. The molecule has 1 saturated heterocycles. The summed E-state index contributed by atoms with van der Waals surface area (Å²) in [6.45, 7) is 11.5. The van der Waals surface area contributed by atoms with Crippen LogP contribution in [-0.4, -0.2) is 41.7 Å². The third kappa shape index (κ3) is 4.94. The van der Waals surface area contributed by atoms with Gasteiger partial charge in [0.05, 0.1) is 0 Å². The first kappa shape index (κ1) is 18.7. The van der Waals surface area contributed by atoms with Crippen LogP contribution in [0.15, 0.2) is 18.3 Å². The fraction of sp³-hybridized carbons (Fsp3) is 0.684. The lowest BCUT2D eigenvalue weighted by Gasteiger charge is -2.28. The van der Waals surface area contributed by atoms with Crippen LogP contribution in [0.4, 0.5) is 10.6 Å². The molecule has 24 heavy (non-hydrogen) atoms. The highest BCUT2D eigenvalue weighted by Gasteiger charge is 2.26. The van der Waals surface area contributed by atoms with Crippen LogP contribution in [0.3, 0.4) is 0 Å². The number of pyridine rings is 1. The van der Waals surface area contributed by atoms with Gasteiger partial charge in [-0.2, -0.15) is 0 Å². The third-order valence-corrected chi connectivity index (χ3v) is 4.11. The van der Waals surface area contributed by atoms with E-state index in [-0.39, 0.29) is 6.09 Å². The zero-order valence-corrected chi connectivity index (χ0v) is 15.9. The fourth-order valence-corrected chi connectivity index (χ4v) is 3.03. The van der Waals surface area contributed by atoms with Gasteiger partial charge in [-0.3, -0.25) is 9.80 Å². The van der Waals surface area contributed by atoms with Gasteiger partial charge in [-0.15, -0.1) is 0 Å². The van der Waals surface area contributed by atoms with Crippen LogP contribution >= 0.6 is 0 Å². The average molecular weight is 333 g/mol. The molecule has 1 aliphatic heterocycles. The second-order valence-corrected chi connectivity index (χ2v) is 8.07. The molecule has 0 bridgehead atoms. The Balaban J connectivity index is 2.18. The van der Waals surface area contributed by atoms with E-state index < -0.39 is 5.60 Å². The van der Waals surface area contributed by atoms with Gasteiger partial charge in [-0.05, 0) is 64.8 Å². The summed E-state index contributed by atoms with van der Waals surface area (Å²) in [4.78, 5) is 21.1. The second kappa shape index (κ2) is 7.51. The fourth-order valence-electron chi connectivity index (χ4n) is 3.03. The lowest BCUT2D eigenvalue weighted by atomic mass is 10.1. The van der Waals surface area contributed by atoms with Crippen LogP contribution in [0.25, 0.3) is 0 Å². The molecule has 1 aliphatic rings. The summed E-state index contributed by atoms with van der Waals surface area (Å²) in [5.74, 6) is 0.988. The summed E-state index contributed by atoms with van der Waals surface area (Å²) in [6.07, 6.45) is 3.95. The predicted molar refractivity (Wildman–Crippen MR) is 97.3 cm³/mol. The number of carbonyl (C=O) groups is 1. The number of hydrogen-bond acceptors (Lipinski definition) is 4. The highest BCUT2D eigenvalue weighted by molar-refractivity contribution is 5.86. The highest BCUT2D eigenvalue weighted by atomic mass is 16.6. The number of carbonyl (C=O) groups excluding carboxylic acids is 1. The van der Waals surface area contributed by atoms with Gasteiger partial charge >= 0.3 is 6.09 Å². The molecule has 1 atom stereocenters. The Hall–Kier alpha value is -1.62. The van der Waals surface area contributed by atoms with E-state index in [9.17, 15) is 4.79 Å². The molecule has 134 valence electrons. The lowest BCUT2D eigenvalue weighted by molar-refractivity contribution is 0.0575. The van der Waals surface area contributed by atoms with Gasteiger partial charge in [-0.25, -0.2) is 9.78 Å². The van der Waals surface area contributed by atoms with Crippen LogP contribution < -0.4 is 4.90 Å². The Labute approximate surface area is 146 Å². The molecule has 5 nitrogen and oxygen atoms in total. The van der Waals surface area contributed by atoms with E-state index in [4.69, 9.17) is 4.74 Å². The first-order valence-corrected chi connectivity index (χ1v) is 8.84. The predicted octanol–water partition coefficient (Wildman–Crippen LogP) is 4.25. The van der Waals surface area contributed by atoms with E-state index in [1.54, 1.807) is 4.90 Å². The van der Waals surface area contributed by atoms with E-state index in [2.05, 4.69) is 36.8 Å². The minimum absolute atomic E-state index is 0.333. The molecule has 1 fully saturated rings. The third-order valence-electron chi connectivity index (χ3n) is 4.11. The van der Waals surface area contributed by atoms with Crippen molar-refractivity contribution in [3.05, 3.63) is 23.9 Å². The average Bonchev–Trinajstić information content (AvgIpc) is 2.89. The van der Waals surface area contributed by atoms with Crippen LogP contribution in [-0.2, 0) is 4.74 Å². The molecular formula is C19H31N3O2. The summed E-state index contributed by atoms with van der Waals surface area (Å²) < 4.78 is 5.54. The van der Waals surface area contributed by atoms with Crippen LogP contribution in [0.1, 0.15) is 59.1 Å². The lowest BCUT2D eigenvalue weighted by Crippen LogP contribution is -2.39. The van der Waals surface area contributed by atoms with Crippen LogP contribution in [0.2, 0.25) is 0 Å². The second-order valence-electron chi connectivity index (χ2n) is 8.07. The zero-order valence-electron chi connectivity index (χ0n) is 15.9. The number of rotatable bonds is 4. The molecule has 2 rings (SSSR count). The van der Waals surface area contributed by atoms with E-state index >= 15 is 0 Å². The molecule has 0 aliphatic carbocycles. The van der Waals surface area contributed by atoms with E-state index in [1.165, 1.54) is 18.4 Å². The molecule has 1 aromatic heterocycles. The molecule has 0 N–H and O–H groups in total. The van der Waals surface area contributed by atoms with Gasteiger partial charge in [0.15, 0.2) is 0 Å². The number of hydrogen-bond donors (Lipinski definition) is 0. The number of anilines is 1. The van der Waals surface area contributed by atoms with Crippen molar-refractivity contribution in [2.75, 3.05) is 25.0 Å². The van der Waals surface area contributed by atoms with Gasteiger partial charge in [0.25, 0.3) is 0 Å². The maximum Gasteiger partial charge on any atom is 0.416 e. The van der Waals surface area contributed by atoms with Crippen LogP contribution in [0.5, 0.6) is 0 Å². The molecule has 5 heteroatoms. The van der Waals surface area contributed by atoms with Crippen molar-refractivity contribution in [3.8, 4) is 0 Å². The molecule has 0 radical (unpaired) electrons. The summed E-state index contributed by atoms with van der Waals surface area (Å²) >= 11 is 0. The minimum Gasteiger partial charge on any atom is -0.443 e. The number of likely N-dealkylation sites (tertiary alicyclic amines) is 1. The van der Waals surface area contributed by atoms with Gasteiger partial charge < -0.3 is 4.74 Å². The topological polar surface area (TPSA) is 45.7 Å². The molecule has 1 amide bonds. The van der Waals surface area contributed by atoms with Crippen molar-refractivity contribution in [1.29, 1.82) is 0 Å². The Kier molecular flexibility index (Phi) is 5.86. The van der Waals surface area contributed by atoms with Crippen LogP contribution in [0, 0.1) is 5.92 Å². The summed E-state index contributed by atoms with van der Waals surface area (Å²) in [5.41, 5.74) is 0.700. The molecule has 0 aromatic carbocycles. The minimum atomic E-state index is -0.515. The Morgan fingerprint density at radius 3 is 2.58 bits per heavy atom. The first-order chi connectivity index (χ1) is 11.2. The Bertz CT molecular complexity index is 549. The Morgan fingerprint density at radius 2 is 2.12 bits per heavy atom. The maximum atomic E-state index is 12.5. The van der Waals surface area contributed by atoms with Crippen molar-refractivity contribution in [2.24, 2.45) is 5.92 Å². The quantitative estimate of drug-likeness (QED) is 0.826. The zero-order chi connectivity index (χ0) is 17.9. The number of amides is 1. The van der Waals surface area contributed by atoms with E-state index in [0.29, 0.717) is 24.3 Å². The van der Waals surface area contributed by atoms with Crippen molar-refractivity contribution in [1.82, 2.24) is 9.88 Å². The van der Waals surface area contributed by atoms with Gasteiger partial charge in [0.2, 0.25) is 0 Å². The molecule has 0 spiro atoms. The molecule has 0 saturated carbocycles. The largest absolute Gasteiger partial charge is 0.443 e. The smallest absolute Gasteiger partial charge is 0.416 e. The first-order valence-electron chi connectivity index (χ1n) is 8.84. The normalized spacial score (nSPS) is 18.9. The number of ether oxygens (including phenoxy) is 1. The molecule has 1 unspecified atom stereocenters. The summed E-state index contributed by atoms with van der Waals surface area (Å²) in [7, 11) is 2.15. The molecule has 1 aromatic rings. The molecule has 2 heterocycles. The van der Waals surface area contributed by atoms with Crippen molar-refractivity contribution in [3.63, 3.8) is 0 Å². The number of nitrogens with zero attached hydrogens (tertiary/aromatic N) is 3. The number of aromatic nitrogens is 1. The monoisotopic (exact) mass is 333 g/mol.